The average Bonchev–Trinajstić information content (AvgIpc) is 2.97. The molecular weight excluding hydrogens is 290 g/mol. The van der Waals surface area contributed by atoms with Crippen molar-refractivity contribution in [3.8, 4) is 0 Å². The fourth-order valence-corrected chi connectivity index (χ4v) is 3.13. The quantitative estimate of drug-likeness (QED) is 0.547. The summed E-state index contributed by atoms with van der Waals surface area (Å²) in [7, 11) is 1.79. The van der Waals surface area contributed by atoms with Gasteiger partial charge in [-0.1, -0.05) is 6.92 Å². The maximum absolute atomic E-state index is 11.7. The summed E-state index contributed by atoms with van der Waals surface area (Å²) in [5.74, 6) is 1.06. The molecular formula is C17H35N5O. The highest BCUT2D eigenvalue weighted by Gasteiger charge is 2.25. The highest BCUT2D eigenvalue weighted by atomic mass is 16.2. The van der Waals surface area contributed by atoms with E-state index in [1.165, 1.54) is 0 Å². The van der Waals surface area contributed by atoms with E-state index in [1.807, 2.05) is 11.8 Å². The van der Waals surface area contributed by atoms with E-state index in [0.717, 1.165) is 38.6 Å². The molecule has 1 amide bonds. The Morgan fingerprint density at radius 3 is 2.48 bits per heavy atom. The predicted octanol–water partition coefficient (Wildman–Crippen LogP) is 1.28. The number of nitrogens with one attached hydrogen (secondary N) is 2. The number of carbonyl (C=O) groups is 1. The molecule has 2 N–H and O–H groups in total. The Balaban J connectivity index is 2.37. The zero-order chi connectivity index (χ0) is 17.4. The first-order valence-electron chi connectivity index (χ1n) is 8.89. The van der Waals surface area contributed by atoms with Gasteiger partial charge in [-0.15, -0.1) is 0 Å². The normalized spacial score (nSPS) is 19.1. The van der Waals surface area contributed by atoms with Crippen LogP contribution in [0.15, 0.2) is 4.99 Å². The van der Waals surface area contributed by atoms with Gasteiger partial charge >= 0.3 is 0 Å². The summed E-state index contributed by atoms with van der Waals surface area (Å²) in [6, 6.07) is 1.37. The maximum atomic E-state index is 11.7. The van der Waals surface area contributed by atoms with Crippen molar-refractivity contribution in [2.45, 2.75) is 65.6 Å². The number of hydrogen-bond acceptors (Lipinski definition) is 3. The highest BCUT2D eigenvalue weighted by molar-refractivity contribution is 5.80. The molecule has 0 radical (unpaired) electrons. The van der Waals surface area contributed by atoms with E-state index in [4.69, 9.17) is 0 Å². The summed E-state index contributed by atoms with van der Waals surface area (Å²) in [4.78, 5) is 20.4. The Labute approximate surface area is 141 Å². The van der Waals surface area contributed by atoms with Gasteiger partial charge in [0.2, 0.25) is 5.91 Å². The Bertz CT molecular complexity index is 386. The molecule has 134 valence electrons. The summed E-state index contributed by atoms with van der Waals surface area (Å²) in [6.45, 7) is 14.3. The summed E-state index contributed by atoms with van der Waals surface area (Å²) >= 11 is 0. The molecule has 1 aliphatic heterocycles. The number of aliphatic imine (C=N–C) groups is 1. The van der Waals surface area contributed by atoms with Crippen LogP contribution in [0.1, 0.15) is 47.5 Å². The van der Waals surface area contributed by atoms with Gasteiger partial charge in [0.1, 0.15) is 0 Å². The predicted molar refractivity (Wildman–Crippen MR) is 96.8 cm³/mol. The van der Waals surface area contributed by atoms with Gasteiger partial charge in [0.15, 0.2) is 5.96 Å². The molecule has 23 heavy (non-hydrogen) atoms. The summed E-state index contributed by atoms with van der Waals surface area (Å²) in [5.41, 5.74) is 0. The van der Waals surface area contributed by atoms with Crippen LogP contribution in [-0.4, -0.2) is 73.0 Å². The van der Waals surface area contributed by atoms with Crippen LogP contribution in [-0.2, 0) is 4.79 Å². The Kier molecular flexibility index (Phi) is 8.37. The maximum Gasteiger partial charge on any atom is 0.222 e. The van der Waals surface area contributed by atoms with Gasteiger partial charge in [-0.25, -0.2) is 0 Å². The van der Waals surface area contributed by atoms with E-state index in [2.05, 4.69) is 48.2 Å². The Hall–Kier alpha value is -1.30. The van der Waals surface area contributed by atoms with Crippen molar-refractivity contribution >= 4 is 11.9 Å². The topological polar surface area (TPSA) is 60.0 Å². The Morgan fingerprint density at radius 1 is 1.30 bits per heavy atom. The van der Waals surface area contributed by atoms with E-state index >= 15 is 0 Å². The molecule has 6 nitrogen and oxygen atoms in total. The molecule has 0 saturated carbocycles. The van der Waals surface area contributed by atoms with Crippen molar-refractivity contribution in [2.75, 3.05) is 33.2 Å². The lowest BCUT2D eigenvalue weighted by atomic mass is 10.2. The molecule has 1 rings (SSSR count). The SMILES string of the molecule is CCC(=O)N1CCC(NC(=NC)NCCN(C(C)C)C(C)C)C1. The van der Waals surface area contributed by atoms with Crippen molar-refractivity contribution in [3.05, 3.63) is 0 Å². The average molecular weight is 326 g/mol. The monoisotopic (exact) mass is 325 g/mol. The Morgan fingerprint density at radius 2 is 1.96 bits per heavy atom. The number of likely N-dealkylation sites (tertiary alicyclic amines) is 1. The molecule has 1 atom stereocenters. The fraction of sp³-hybridized carbons (Fsp3) is 0.882. The van der Waals surface area contributed by atoms with E-state index in [9.17, 15) is 4.79 Å². The lowest BCUT2D eigenvalue weighted by Gasteiger charge is -2.30. The van der Waals surface area contributed by atoms with Crippen molar-refractivity contribution in [2.24, 2.45) is 4.99 Å². The molecule has 0 aromatic heterocycles. The first kappa shape index (κ1) is 19.7. The second-order valence-electron chi connectivity index (χ2n) is 6.75. The standard InChI is InChI=1S/C17H35N5O/c1-7-16(23)21-10-8-15(12-21)20-17(18-6)19-9-11-22(13(2)3)14(4)5/h13-15H,7-12H2,1-6H3,(H2,18,19,20). The van der Waals surface area contributed by atoms with E-state index in [-0.39, 0.29) is 5.91 Å². The molecule has 0 spiro atoms. The van der Waals surface area contributed by atoms with Crippen molar-refractivity contribution in [1.29, 1.82) is 0 Å². The van der Waals surface area contributed by atoms with E-state index in [0.29, 0.717) is 24.5 Å². The van der Waals surface area contributed by atoms with Crippen LogP contribution in [0.4, 0.5) is 0 Å². The van der Waals surface area contributed by atoms with E-state index in [1.54, 1.807) is 7.05 Å². The zero-order valence-electron chi connectivity index (χ0n) is 15.7. The zero-order valence-corrected chi connectivity index (χ0v) is 15.7. The smallest absolute Gasteiger partial charge is 0.222 e. The third-order valence-electron chi connectivity index (χ3n) is 4.40. The number of rotatable bonds is 7. The van der Waals surface area contributed by atoms with Crippen molar-refractivity contribution < 1.29 is 4.79 Å². The largest absolute Gasteiger partial charge is 0.355 e. The third kappa shape index (κ3) is 6.37. The van der Waals surface area contributed by atoms with E-state index < -0.39 is 0 Å². The molecule has 6 heteroatoms. The van der Waals surface area contributed by atoms with Gasteiger partial charge in [0.25, 0.3) is 0 Å². The minimum atomic E-state index is 0.238. The molecule has 0 bridgehead atoms. The van der Waals surface area contributed by atoms with Gasteiger partial charge in [-0.05, 0) is 34.1 Å². The minimum absolute atomic E-state index is 0.238. The molecule has 0 aromatic rings. The van der Waals surface area contributed by atoms with Crippen LogP contribution < -0.4 is 10.6 Å². The molecule has 0 aliphatic carbocycles. The summed E-state index contributed by atoms with van der Waals surface area (Å²) < 4.78 is 0. The molecule has 1 saturated heterocycles. The van der Waals surface area contributed by atoms with Gasteiger partial charge in [0.05, 0.1) is 0 Å². The van der Waals surface area contributed by atoms with Crippen LogP contribution in [0.25, 0.3) is 0 Å². The van der Waals surface area contributed by atoms with Crippen molar-refractivity contribution in [1.82, 2.24) is 20.4 Å². The lowest BCUT2D eigenvalue weighted by molar-refractivity contribution is -0.129. The molecule has 0 aromatic carbocycles. The second kappa shape index (κ2) is 9.75. The first-order valence-corrected chi connectivity index (χ1v) is 8.89. The van der Waals surface area contributed by atoms with Crippen LogP contribution in [0, 0.1) is 0 Å². The minimum Gasteiger partial charge on any atom is -0.355 e. The number of amides is 1. The number of hydrogen-bond donors (Lipinski definition) is 2. The molecule has 1 heterocycles. The molecule has 1 aliphatic rings. The first-order chi connectivity index (χ1) is 10.9. The van der Waals surface area contributed by atoms with Crippen LogP contribution in [0.2, 0.25) is 0 Å². The van der Waals surface area contributed by atoms with Gasteiger partial charge in [0, 0.05) is 57.8 Å². The second-order valence-corrected chi connectivity index (χ2v) is 6.75. The fourth-order valence-electron chi connectivity index (χ4n) is 3.13. The molecule has 1 unspecified atom stereocenters. The third-order valence-corrected chi connectivity index (χ3v) is 4.40. The lowest BCUT2D eigenvalue weighted by Crippen LogP contribution is -2.48. The van der Waals surface area contributed by atoms with Crippen LogP contribution in [0.5, 0.6) is 0 Å². The number of guanidine groups is 1. The van der Waals surface area contributed by atoms with Gasteiger partial charge < -0.3 is 15.5 Å². The summed E-state index contributed by atoms with van der Waals surface area (Å²) in [6.07, 6.45) is 1.57. The summed E-state index contributed by atoms with van der Waals surface area (Å²) in [5, 5.41) is 6.82. The number of carbonyl (C=O) groups excluding carboxylic acids is 1. The van der Waals surface area contributed by atoms with Gasteiger partial charge in [-0.3, -0.25) is 14.7 Å². The molecule has 1 fully saturated rings. The number of nitrogens with zero attached hydrogens (tertiary/aromatic N) is 3. The van der Waals surface area contributed by atoms with Crippen molar-refractivity contribution in [3.63, 3.8) is 0 Å². The van der Waals surface area contributed by atoms with Crippen LogP contribution in [0.3, 0.4) is 0 Å². The van der Waals surface area contributed by atoms with Gasteiger partial charge in [-0.2, -0.15) is 0 Å². The van der Waals surface area contributed by atoms with Crippen LogP contribution >= 0.6 is 0 Å². The highest BCUT2D eigenvalue weighted by Crippen LogP contribution is 2.10.